The Bertz CT molecular complexity index is 617. The number of alkyl halides is 1. The Morgan fingerprint density at radius 2 is 2.16 bits per heavy atom. The summed E-state index contributed by atoms with van der Waals surface area (Å²) < 4.78 is 5.64. The van der Waals surface area contributed by atoms with Crippen molar-refractivity contribution in [1.29, 1.82) is 0 Å². The highest BCUT2D eigenvalue weighted by atomic mass is 35.5. The predicted molar refractivity (Wildman–Crippen MR) is 71.7 cm³/mol. The number of benzene rings is 1. The van der Waals surface area contributed by atoms with E-state index in [1.54, 1.807) is 31.5 Å². The van der Waals surface area contributed by atoms with E-state index in [1.165, 1.54) is 12.1 Å². The van der Waals surface area contributed by atoms with E-state index in [2.05, 4.69) is 4.98 Å². The van der Waals surface area contributed by atoms with Crippen molar-refractivity contribution in [2.45, 2.75) is 12.8 Å². The molecule has 0 saturated heterocycles. The molecule has 6 heteroatoms. The number of ether oxygens (including phenoxy) is 1. The van der Waals surface area contributed by atoms with Crippen molar-refractivity contribution >= 4 is 17.3 Å². The molecule has 0 aliphatic rings. The van der Waals surface area contributed by atoms with Gasteiger partial charge in [-0.25, -0.2) is 0 Å². The van der Waals surface area contributed by atoms with Crippen LogP contribution in [-0.4, -0.2) is 9.91 Å². The average Bonchev–Trinajstić information content (AvgIpc) is 2.41. The number of aromatic nitrogens is 1. The molecule has 0 aliphatic heterocycles. The number of nitro groups is 1. The zero-order valence-electron chi connectivity index (χ0n) is 10.2. The van der Waals surface area contributed by atoms with Gasteiger partial charge in [0.25, 0.3) is 5.69 Å². The first-order chi connectivity index (χ1) is 9.10. The molecule has 0 atom stereocenters. The SMILES string of the molecule is Cc1cc([N+](=O)[O-])ccc1Oc1cncc(CCl)c1. The fourth-order valence-corrected chi connectivity index (χ4v) is 1.73. The van der Waals surface area contributed by atoms with Crippen molar-refractivity contribution in [2.24, 2.45) is 0 Å². The van der Waals surface area contributed by atoms with Crippen molar-refractivity contribution < 1.29 is 9.66 Å². The number of aryl methyl sites for hydroxylation is 1. The summed E-state index contributed by atoms with van der Waals surface area (Å²) in [6.07, 6.45) is 3.22. The van der Waals surface area contributed by atoms with Gasteiger partial charge in [0.1, 0.15) is 11.5 Å². The Hall–Kier alpha value is -2.14. The number of pyridine rings is 1. The van der Waals surface area contributed by atoms with Crippen molar-refractivity contribution in [3.8, 4) is 11.5 Å². The molecule has 0 radical (unpaired) electrons. The van der Waals surface area contributed by atoms with Crippen LogP contribution in [0.3, 0.4) is 0 Å². The molecule has 0 bridgehead atoms. The highest BCUT2D eigenvalue weighted by Gasteiger charge is 2.09. The van der Waals surface area contributed by atoms with Crippen LogP contribution in [0.4, 0.5) is 5.69 Å². The fourth-order valence-electron chi connectivity index (χ4n) is 1.58. The molecule has 1 aromatic heterocycles. The standard InChI is InChI=1S/C13H11ClN2O3/c1-9-4-11(16(17)18)2-3-13(9)19-12-5-10(6-14)7-15-8-12/h2-5,7-8H,6H2,1H3. The van der Waals surface area contributed by atoms with Crippen molar-refractivity contribution in [3.63, 3.8) is 0 Å². The van der Waals surface area contributed by atoms with Gasteiger partial charge in [-0.15, -0.1) is 11.6 Å². The van der Waals surface area contributed by atoms with Crippen LogP contribution in [0, 0.1) is 17.0 Å². The summed E-state index contributed by atoms with van der Waals surface area (Å²) in [6.45, 7) is 1.75. The molecule has 19 heavy (non-hydrogen) atoms. The molecule has 5 nitrogen and oxygen atoms in total. The number of nitrogens with zero attached hydrogens (tertiary/aromatic N) is 2. The van der Waals surface area contributed by atoms with E-state index >= 15 is 0 Å². The van der Waals surface area contributed by atoms with Gasteiger partial charge < -0.3 is 4.74 Å². The van der Waals surface area contributed by atoms with E-state index in [0.717, 1.165) is 5.56 Å². The maximum absolute atomic E-state index is 10.6. The van der Waals surface area contributed by atoms with Crippen LogP contribution in [0.15, 0.2) is 36.7 Å². The third-order valence-electron chi connectivity index (χ3n) is 2.52. The molecular formula is C13H11ClN2O3. The normalized spacial score (nSPS) is 10.2. The lowest BCUT2D eigenvalue weighted by Gasteiger charge is -2.08. The summed E-state index contributed by atoms with van der Waals surface area (Å²) in [6, 6.07) is 6.22. The molecule has 0 N–H and O–H groups in total. The van der Waals surface area contributed by atoms with Gasteiger partial charge in [-0.3, -0.25) is 15.1 Å². The molecular weight excluding hydrogens is 268 g/mol. The summed E-state index contributed by atoms with van der Waals surface area (Å²) >= 11 is 5.72. The molecule has 0 saturated carbocycles. The number of non-ortho nitro benzene ring substituents is 1. The van der Waals surface area contributed by atoms with E-state index in [4.69, 9.17) is 16.3 Å². The Morgan fingerprint density at radius 1 is 1.37 bits per heavy atom. The summed E-state index contributed by atoms with van der Waals surface area (Å²) in [5, 5.41) is 10.6. The fraction of sp³-hybridized carbons (Fsp3) is 0.154. The Kier molecular flexibility index (Phi) is 3.97. The molecule has 1 aromatic carbocycles. The highest BCUT2D eigenvalue weighted by Crippen LogP contribution is 2.28. The van der Waals surface area contributed by atoms with Crippen LogP contribution in [-0.2, 0) is 5.88 Å². The first-order valence-electron chi connectivity index (χ1n) is 5.53. The van der Waals surface area contributed by atoms with Crippen LogP contribution in [0.5, 0.6) is 11.5 Å². The minimum atomic E-state index is -0.438. The van der Waals surface area contributed by atoms with Gasteiger partial charge >= 0.3 is 0 Å². The zero-order chi connectivity index (χ0) is 13.8. The first kappa shape index (κ1) is 13.3. The lowest BCUT2D eigenvalue weighted by molar-refractivity contribution is -0.384. The number of nitro benzene ring substituents is 1. The molecule has 98 valence electrons. The van der Waals surface area contributed by atoms with Crippen molar-refractivity contribution in [2.75, 3.05) is 0 Å². The molecule has 1 heterocycles. The molecule has 0 fully saturated rings. The summed E-state index contributed by atoms with van der Waals surface area (Å²) in [7, 11) is 0. The van der Waals surface area contributed by atoms with Gasteiger partial charge in [-0.2, -0.15) is 0 Å². The Labute approximate surface area is 115 Å². The molecule has 0 spiro atoms. The lowest BCUT2D eigenvalue weighted by Crippen LogP contribution is -1.92. The van der Waals surface area contributed by atoms with Gasteiger partial charge in [0, 0.05) is 24.2 Å². The maximum atomic E-state index is 10.6. The van der Waals surface area contributed by atoms with Crippen LogP contribution in [0.25, 0.3) is 0 Å². The van der Waals surface area contributed by atoms with E-state index in [9.17, 15) is 10.1 Å². The Morgan fingerprint density at radius 3 is 2.79 bits per heavy atom. The highest BCUT2D eigenvalue weighted by molar-refractivity contribution is 6.17. The summed E-state index contributed by atoms with van der Waals surface area (Å²) in [4.78, 5) is 14.2. The van der Waals surface area contributed by atoms with Crippen molar-refractivity contribution in [3.05, 3.63) is 57.9 Å². The van der Waals surface area contributed by atoms with Crippen LogP contribution >= 0.6 is 11.6 Å². The van der Waals surface area contributed by atoms with E-state index in [0.29, 0.717) is 22.9 Å². The van der Waals surface area contributed by atoms with Gasteiger partial charge in [-0.1, -0.05) is 0 Å². The van der Waals surface area contributed by atoms with Crippen LogP contribution in [0.1, 0.15) is 11.1 Å². The minimum absolute atomic E-state index is 0.0393. The molecule has 0 unspecified atom stereocenters. The lowest BCUT2D eigenvalue weighted by atomic mass is 10.2. The topological polar surface area (TPSA) is 65.3 Å². The number of rotatable bonds is 4. The van der Waals surface area contributed by atoms with Gasteiger partial charge in [0.05, 0.1) is 11.1 Å². The van der Waals surface area contributed by atoms with Gasteiger partial charge in [-0.05, 0) is 30.2 Å². The summed E-state index contributed by atoms with van der Waals surface area (Å²) in [5.41, 5.74) is 1.57. The molecule has 0 aliphatic carbocycles. The van der Waals surface area contributed by atoms with E-state index in [1.807, 2.05) is 0 Å². The molecule has 2 aromatic rings. The third kappa shape index (κ3) is 3.20. The quantitative estimate of drug-likeness (QED) is 0.484. The summed E-state index contributed by atoms with van der Waals surface area (Å²) in [5.74, 6) is 1.46. The second kappa shape index (κ2) is 5.67. The monoisotopic (exact) mass is 278 g/mol. The first-order valence-corrected chi connectivity index (χ1v) is 6.06. The average molecular weight is 279 g/mol. The van der Waals surface area contributed by atoms with Gasteiger partial charge in [0.2, 0.25) is 0 Å². The molecule has 0 amide bonds. The van der Waals surface area contributed by atoms with E-state index in [-0.39, 0.29) is 5.69 Å². The van der Waals surface area contributed by atoms with Gasteiger partial charge in [0.15, 0.2) is 0 Å². The second-order valence-electron chi connectivity index (χ2n) is 3.97. The van der Waals surface area contributed by atoms with Crippen molar-refractivity contribution in [1.82, 2.24) is 4.98 Å². The third-order valence-corrected chi connectivity index (χ3v) is 2.83. The van der Waals surface area contributed by atoms with Crippen LogP contribution < -0.4 is 4.74 Å². The van der Waals surface area contributed by atoms with E-state index < -0.39 is 4.92 Å². The zero-order valence-corrected chi connectivity index (χ0v) is 10.9. The van der Waals surface area contributed by atoms with Crippen LogP contribution in [0.2, 0.25) is 0 Å². The number of hydrogen-bond donors (Lipinski definition) is 0. The minimum Gasteiger partial charge on any atom is -0.455 e. The number of halogens is 1. The molecule has 2 rings (SSSR count). The predicted octanol–water partition coefficient (Wildman–Crippen LogP) is 3.83. The largest absolute Gasteiger partial charge is 0.455 e. The maximum Gasteiger partial charge on any atom is 0.269 e. The number of hydrogen-bond acceptors (Lipinski definition) is 4. The smallest absolute Gasteiger partial charge is 0.269 e. The second-order valence-corrected chi connectivity index (χ2v) is 4.24. The Balaban J connectivity index is 2.25.